The van der Waals surface area contributed by atoms with Crippen LogP contribution in [0.1, 0.15) is 29.8 Å². The third-order valence-electron chi connectivity index (χ3n) is 5.46. The lowest BCUT2D eigenvalue weighted by Crippen LogP contribution is -2.35. The van der Waals surface area contributed by atoms with E-state index in [-0.39, 0.29) is 0 Å². The van der Waals surface area contributed by atoms with Gasteiger partial charge in [-0.1, -0.05) is 43.3 Å². The van der Waals surface area contributed by atoms with Crippen LogP contribution in [0.2, 0.25) is 0 Å². The highest BCUT2D eigenvalue weighted by atomic mass is 15.2. The predicted molar refractivity (Wildman–Crippen MR) is 99.4 cm³/mol. The molecule has 1 aliphatic heterocycles. The number of aromatic nitrogens is 2. The van der Waals surface area contributed by atoms with Gasteiger partial charge in [0.2, 0.25) is 0 Å². The van der Waals surface area contributed by atoms with Crippen LogP contribution in [0.25, 0.3) is 21.8 Å². The highest BCUT2D eigenvalue weighted by molar-refractivity contribution is 5.87. The molecule has 0 spiro atoms. The zero-order valence-electron chi connectivity index (χ0n) is 13.8. The van der Waals surface area contributed by atoms with Crippen molar-refractivity contribution >= 4 is 21.8 Å². The summed E-state index contributed by atoms with van der Waals surface area (Å²) in [6, 6.07) is 17.6. The van der Waals surface area contributed by atoms with Crippen molar-refractivity contribution < 1.29 is 0 Å². The maximum atomic E-state index is 3.73. The van der Waals surface area contributed by atoms with Gasteiger partial charge in [-0.2, -0.15) is 0 Å². The molecule has 1 atom stereocenters. The van der Waals surface area contributed by atoms with Gasteiger partial charge < -0.3 is 9.97 Å². The minimum atomic E-state index is 0.294. The lowest BCUT2D eigenvalue weighted by atomic mass is 9.92. The minimum absolute atomic E-state index is 0.294. The van der Waals surface area contributed by atoms with E-state index in [2.05, 4.69) is 76.5 Å². The number of hydrogen-bond acceptors (Lipinski definition) is 1. The van der Waals surface area contributed by atoms with Crippen molar-refractivity contribution in [2.45, 2.75) is 19.4 Å². The maximum absolute atomic E-state index is 3.73. The van der Waals surface area contributed by atoms with Crippen molar-refractivity contribution in [1.82, 2.24) is 14.9 Å². The van der Waals surface area contributed by atoms with E-state index in [1.165, 1.54) is 38.6 Å². The molecule has 0 saturated carbocycles. The third kappa shape index (κ3) is 1.88. The second-order valence-electron chi connectivity index (χ2n) is 6.63. The fourth-order valence-electron chi connectivity index (χ4n) is 4.30. The molecule has 1 aliphatic rings. The van der Waals surface area contributed by atoms with Gasteiger partial charge in [-0.3, -0.25) is 4.90 Å². The second-order valence-corrected chi connectivity index (χ2v) is 6.63. The number of nitrogens with zero attached hydrogens (tertiary/aromatic N) is 1. The number of likely N-dealkylation sites (N-methyl/N-ethyl adjacent to an activating group) is 1. The molecule has 24 heavy (non-hydrogen) atoms. The summed E-state index contributed by atoms with van der Waals surface area (Å²) in [4.78, 5) is 9.76. The summed E-state index contributed by atoms with van der Waals surface area (Å²) in [7, 11) is 0. The zero-order chi connectivity index (χ0) is 16.1. The number of aromatic amines is 2. The van der Waals surface area contributed by atoms with E-state index >= 15 is 0 Å². The first-order chi connectivity index (χ1) is 11.9. The van der Waals surface area contributed by atoms with E-state index in [9.17, 15) is 0 Å². The van der Waals surface area contributed by atoms with Crippen LogP contribution in [-0.4, -0.2) is 28.0 Å². The summed E-state index contributed by atoms with van der Waals surface area (Å²) in [5.41, 5.74) is 6.71. The largest absolute Gasteiger partial charge is 0.361 e. The molecule has 0 saturated heterocycles. The van der Waals surface area contributed by atoms with Crippen LogP contribution >= 0.6 is 0 Å². The van der Waals surface area contributed by atoms with Crippen molar-refractivity contribution in [2.75, 3.05) is 13.1 Å². The maximum Gasteiger partial charge on any atom is 0.0778 e. The van der Waals surface area contributed by atoms with E-state index in [1.54, 1.807) is 0 Å². The van der Waals surface area contributed by atoms with Crippen LogP contribution in [0.15, 0.2) is 54.7 Å². The SMILES string of the molecule is CCN1CCc2c([nH]c3ccccc23)[C@@H]1c1c[nH]c2ccccc12. The highest BCUT2D eigenvalue weighted by Crippen LogP contribution is 2.40. The highest BCUT2D eigenvalue weighted by Gasteiger charge is 2.32. The number of para-hydroxylation sites is 2. The number of hydrogen-bond donors (Lipinski definition) is 2. The predicted octanol–water partition coefficient (Wildman–Crippen LogP) is 4.62. The molecule has 3 nitrogen and oxygen atoms in total. The minimum Gasteiger partial charge on any atom is -0.361 e. The smallest absolute Gasteiger partial charge is 0.0778 e. The van der Waals surface area contributed by atoms with Crippen LogP contribution in [0.4, 0.5) is 0 Å². The van der Waals surface area contributed by atoms with Crippen LogP contribution in [0.5, 0.6) is 0 Å². The fraction of sp³-hybridized carbons (Fsp3) is 0.238. The summed E-state index contributed by atoms with van der Waals surface area (Å²) < 4.78 is 0. The number of fused-ring (bicyclic) bond motifs is 4. The normalized spacial score (nSPS) is 18.3. The molecular weight excluding hydrogens is 294 g/mol. The Morgan fingerprint density at radius 3 is 2.58 bits per heavy atom. The van der Waals surface area contributed by atoms with Crippen LogP contribution < -0.4 is 0 Å². The van der Waals surface area contributed by atoms with Gasteiger partial charge in [-0.15, -0.1) is 0 Å². The topological polar surface area (TPSA) is 34.8 Å². The van der Waals surface area contributed by atoms with E-state index in [0.29, 0.717) is 6.04 Å². The number of nitrogens with one attached hydrogen (secondary N) is 2. The van der Waals surface area contributed by atoms with Crippen molar-refractivity contribution in [3.63, 3.8) is 0 Å². The Hall–Kier alpha value is -2.52. The van der Waals surface area contributed by atoms with Gasteiger partial charge in [-0.05, 0) is 30.7 Å². The molecule has 120 valence electrons. The molecule has 2 aromatic heterocycles. The lowest BCUT2D eigenvalue weighted by Gasteiger charge is -2.35. The van der Waals surface area contributed by atoms with Gasteiger partial charge in [0, 0.05) is 45.8 Å². The average molecular weight is 315 g/mol. The summed E-state index contributed by atoms with van der Waals surface area (Å²) in [6.07, 6.45) is 3.31. The van der Waals surface area contributed by atoms with Crippen molar-refractivity contribution in [1.29, 1.82) is 0 Å². The van der Waals surface area contributed by atoms with E-state index in [1.807, 2.05) is 0 Å². The monoisotopic (exact) mass is 315 g/mol. The van der Waals surface area contributed by atoms with E-state index in [4.69, 9.17) is 0 Å². The molecule has 4 aromatic rings. The van der Waals surface area contributed by atoms with Gasteiger partial charge in [0.1, 0.15) is 0 Å². The quantitative estimate of drug-likeness (QED) is 0.556. The van der Waals surface area contributed by atoms with Gasteiger partial charge >= 0.3 is 0 Å². The molecule has 0 aliphatic carbocycles. The van der Waals surface area contributed by atoms with Crippen LogP contribution in [-0.2, 0) is 6.42 Å². The van der Waals surface area contributed by atoms with Gasteiger partial charge in [-0.25, -0.2) is 0 Å². The Morgan fingerprint density at radius 1 is 1.00 bits per heavy atom. The summed E-state index contributed by atoms with van der Waals surface area (Å²) in [5.74, 6) is 0. The molecule has 3 heterocycles. The summed E-state index contributed by atoms with van der Waals surface area (Å²) >= 11 is 0. The van der Waals surface area contributed by atoms with Gasteiger partial charge in [0.05, 0.1) is 6.04 Å². The Morgan fingerprint density at radius 2 is 1.75 bits per heavy atom. The number of rotatable bonds is 2. The molecule has 5 rings (SSSR count). The first-order valence-corrected chi connectivity index (χ1v) is 8.76. The fourth-order valence-corrected chi connectivity index (χ4v) is 4.30. The Kier molecular flexibility index (Phi) is 3.03. The standard InChI is InChI=1S/C21H21N3/c1-2-24-12-11-16-14-7-4-6-10-19(14)23-20(16)21(24)17-13-22-18-9-5-3-8-15(17)18/h3-10,13,21-23H,2,11-12H2,1H3/t21-/m0/s1. The molecule has 0 bridgehead atoms. The molecule has 0 radical (unpaired) electrons. The Labute approximate surface area is 141 Å². The molecule has 2 aromatic carbocycles. The number of H-pyrrole nitrogens is 2. The molecule has 0 fully saturated rings. The first-order valence-electron chi connectivity index (χ1n) is 8.76. The van der Waals surface area contributed by atoms with Gasteiger partial charge in [0.15, 0.2) is 0 Å². The van der Waals surface area contributed by atoms with Crippen LogP contribution in [0, 0.1) is 0 Å². The molecule has 3 heteroatoms. The third-order valence-corrected chi connectivity index (χ3v) is 5.46. The molecular formula is C21H21N3. The summed E-state index contributed by atoms with van der Waals surface area (Å²) in [6.45, 7) is 4.42. The Bertz CT molecular complexity index is 1020. The first kappa shape index (κ1) is 13.9. The second kappa shape index (κ2) is 5.25. The average Bonchev–Trinajstić information content (AvgIpc) is 3.22. The molecule has 0 amide bonds. The summed E-state index contributed by atoms with van der Waals surface area (Å²) in [5, 5.41) is 2.71. The van der Waals surface area contributed by atoms with Crippen LogP contribution in [0.3, 0.4) is 0 Å². The Balaban J connectivity index is 1.77. The number of benzene rings is 2. The van der Waals surface area contributed by atoms with Gasteiger partial charge in [0.25, 0.3) is 0 Å². The van der Waals surface area contributed by atoms with Crippen molar-refractivity contribution in [2.24, 2.45) is 0 Å². The zero-order valence-corrected chi connectivity index (χ0v) is 13.8. The van der Waals surface area contributed by atoms with E-state index < -0.39 is 0 Å². The molecule has 2 N–H and O–H groups in total. The lowest BCUT2D eigenvalue weighted by molar-refractivity contribution is 0.223. The van der Waals surface area contributed by atoms with Crippen molar-refractivity contribution in [3.05, 3.63) is 71.5 Å². The van der Waals surface area contributed by atoms with Crippen molar-refractivity contribution in [3.8, 4) is 0 Å². The van der Waals surface area contributed by atoms with E-state index in [0.717, 1.165) is 19.5 Å². The molecule has 0 unspecified atom stereocenters.